The molecule has 53 heavy (non-hydrogen) atoms. The highest BCUT2D eigenvalue weighted by molar-refractivity contribution is 6.17. The fraction of sp³-hybridized carbons (Fsp3) is 0. The van der Waals surface area contributed by atoms with Crippen molar-refractivity contribution < 1.29 is 8.83 Å². The van der Waals surface area contributed by atoms with Crippen LogP contribution in [0.3, 0.4) is 0 Å². The summed E-state index contributed by atoms with van der Waals surface area (Å²) in [5.41, 5.74) is 11.4. The molecule has 0 fully saturated rings. The molecule has 0 saturated heterocycles. The average molecular weight is 679 g/mol. The third kappa shape index (κ3) is 4.80. The first-order valence-electron chi connectivity index (χ1n) is 17.8. The van der Waals surface area contributed by atoms with Crippen LogP contribution in [0.15, 0.2) is 191 Å². The van der Waals surface area contributed by atoms with Crippen molar-refractivity contribution in [2.45, 2.75) is 0 Å². The van der Waals surface area contributed by atoms with Crippen LogP contribution in [-0.4, -0.2) is 4.98 Å². The van der Waals surface area contributed by atoms with Crippen molar-refractivity contribution in [2.24, 2.45) is 0 Å². The quantitative estimate of drug-likeness (QED) is 0.182. The summed E-state index contributed by atoms with van der Waals surface area (Å²) in [5, 5.41) is 8.97. The van der Waals surface area contributed by atoms with Gasteiger partial charge in [-0.25, -0.2) is 0 Å². The zero-order chi connectivity index (χ0) is 34.9. The molecule has 0 aliphatic heterocycles. The monoisotopic (exact) mass is 678 g/mol. The first-order valence-corrected chi connectivity index (χ1v) is 17.8. The van der Waals surface area contributed by atoms with Crippen LogP contribution < -0.4 is 4.90 Å². The molecule has 8 aromatic carbocycles. The molecule has 248 valence electrons. The van der Waals surface area contributed by atoms with Crippen LogP contribution in [-0.2, 0) is 0 Å². The topological polar surface area (TPSA) is 42.4 Å². The van der Waals surface area contributed by atoms with Crippen LogP contribution in [0, 0.1) is 0 Å². The maximum atomic E-state index is 6.40. The molecule has 4 heteroatoms. The predicted octanol–water partition coefficient (Wildman–Crippen LogP) is 14.0. The Labute approximate surface area is 304 Å². The summed E-state index contributed by atoms with van der Waals surface area (Å²) in [6.07, 6.45) is 3.70. The first-order chi connectivity index (χ1) is 26.2. The molecule has 0 saturated carbocycles. The van der Waals surface area contributed by atoms with Crippen molar-refractivity contribution in [1.82, 2.24) is 4.98 Å². The Hall–Kier alpha value is -7.17. The summed E-state index contributed by atoms with van der Waals surface area (Å²) >= 11 is 0. The SMILES string of the molecule is c1cncc(-c2ccc(-c3ccc(N(c4ccc5c(ccc6c7ccccc7oc56)c4)c4ccc5c(ccc6c7ccccc7oc56)c4)cc3)cc2)c1. The number of para-hydroxylation sites is 2. The molecule has 3 heterocycles. The summed E-state index contributed by atoms with van der Waals surface area (Å²) < 4.78 is 12.8. The summed E-state index contributed by atoms with van der Waals surface area (Å²) in [6.45, 7) is 0. The number of nitrogens with zero attached hydrogens (tertiary/aromatic N) is 2. The third-order valence-electron chi connectivity index (χ3n) is 10.5. The maximum absolute atomic E-state index is 6.40. The lowest BCUT2D eigenvalue weighted by atomic mass is 10.0. The van der Waals surface area contributed by atoms with E-state index >= 15 is 0 Å². The first kappa shape index (κ1) is 29.5. The van der Waals surface area contributed by atoms with Crippen molar-refractivity contribution in [3.63, 3.8) is 0 Å². The highest BCUT2D eigenvalue weighted by Gasteiger charge is 2.18. The Morgan fingerprint density at radius 3 is 1.36 bits per heavy atom. The Kier molecular flexibility index (Phi) is 6.52. The molecule has 11 aromatic rings. The van der Waals surface area contributed by atoms with E-state index in [1.165, 1.54) is 0 Å². The Balaban J connectivity index is 1.04. The number of hydrogen-bond donors (Lipinski definition) is 0. The Morgan fingerprint density at radius 1 is 0.358 bits per heavy atom. The molecule has 0 atom stereocenters. The second-order valence-corrected chi connectivity index (χ2v) is 13.6. The molecule has 11 rings (SSSR count). The summed E-state index contributed by atoms with van der Waals surface area (Å²) in [4.78, 5) is 6.61. The van der Waals surface area contributed by atoms with Gasteiger partial charge in [-0.2, -0.15) is 0 Å². The molecule has 0 aliphatic carbocycles. The van der Waals surface area contributed by atoms with E-state index in [-0.39, 0.29) is 0 Å². The maximum Gasteiger partial charge on any atom is 0.143 e. The lowest BCUT2D eigenvalue weighted by molar-refractivity contribution is 0.672. The average Bonchev–Trinajstić information content (AvgIpc) is 3.81. The molecule has 0 amide bonds. The number of furan rings is 2. The van der Waals surface area contributed by atoms with E-state index in [1.54, 1.807) is 6.20 Å². The van der Waals surface area contributed by atoms with Crippen molar-refractivity contribution >= 4 is 82.5 Å². The lowest BCUT2D eigenvalue weighted by Gasteiger charge is -2.26. The van der Waals surface area contributed by atoms with Gasteiger partial charge in [0, 0.05) is 61.8 Å². The Morgan fingerprint density at radius 2 is 0.830 bits per heavy atom. The predicted molar refractivity (Wildman–Crippen MR) is 219 cm³/mol. The van der Waals surface area contributed by atoms with E-state index in [1.807, 2.05) is 36.5 Å². The van der Waals surface area contributed by atoms with Crippen LogP contribution in [0.5, 0.6) is 0 Å². The van der Waals surface area contributed by atoms with Gasteiger partial charge in [-0.3, -0.25) is 4.98 Å². The molecule has 0 N–H and O–H groups in total. The second-order valence-electron chi connectivity index (χ2n) is 13.6. The van der Waals surface area contributed by atoms with Gasteiger partial charge >= 0.3 is 0 Å². The summed E-state index contributed by atoms with van der Waals surface area (Å²) in [5.74, 6) is 0. The summed E-state index contributed by atoms with van der Waals surface area (Å²) in [7, 11) is 0. The van der Waals surface area contributed by atoms with E-state index in [2.05, 4.69) is 149 Å². The van der Waals surface area contributed by atoms with Gasteiger partial charge in [0.1, 0.15) is 22.3 Å². The number of aromatic nitrogens is 1. The summed E-state index contributed by atoms with van der Waals surface area (Å²) in [6, 6.07) is 60.2. The number of hydrogen-bond acceptors (Lipinski definition) is 4. The molecule has 0 unspecified atom stereocenters. The van der Waals surface area contributed by atoms with Gasteiger partial charge in [-0.05, 0) is 112 Å². The van der Waals surface area contributed by atoms with E-state index in [0.717, 1.165) is 105 Å². The van der Waals surface area contributed by atoms with Gasteiger partial charge < -0.3 is 13.7 Å². The highest BCUT2D eigenvalue weighted by atomic mass is 16.3. The molecule has 0 radical (unpaired) electrons. The van der Waals surface area contributed by atoms with E-state index in [9.17, 15) is 0 Å². The second kappa shape index (κ2) is 11.7. The number of rotatable bonds is 5. The zero-order valence-electron chi connectivity index (χ0n) is 28.5. The number of benzene rings is 8. The number of fused-ring (bicyclic) bond motifs is 10. The van der Waals surface area contributed by atoms with Crippen molar-refractivity contribution in [3.8, 4) is 22.3 Å². The minimum atomic E-state index is 0.905. The van der Waals surface area contributed by atoms with Crippen LogP contribution in [0.2, 0.25) is 0 Å². The molecule has 0 spiro atoms. The van der Waals surface area contributed by atoms with Gasteiger partial charge in [0.05, 0.1) is 0 Å². The molecule has 0 bridgehead atoms. The van der Waals surface area contributed by atoms with E-state index in [4.69, 9.17) is 8.83 Å². The van der Waals surface area contributed by atoms with E-state index in [0.29, 0.717) is 0 Å². The van der Waals surface area contributed by atoms with Crippen molar-refractivity contribution in [2.75, 3.05) is 4.90 Å². The highest BCUT2D eigenvalue weighted by Crippen LogP contribution is 2.42. The molecule has 3 aromatic heterocycles. The normalized spacial score (nSPS) is 11.8. The lowest BCUT2D eigenvalue weighted by Crippen LogP contribution is -2.10. The van der Waals surface area contributed by atoms with Crippen molar-refractivity contribution in [3.05, 3.63) is 182 Å². The van der Waals surface area contributed by atoms with Crippen molar-refractivity contribution in [1.29, 1.82) is 0 Å². The van der Waals surface area contributed by atoms with Gasteiger partial charge in [-0.15, -0.1) is 0 Å². The number of anilines is 3. The third-order valence-corrected chi connectivity index (χ3v) is 10.5. The Bertz CT molecular complexity index is 3000. The molecule has 4 nitrogen and oxygen atoms in total. The molecular weight excluding hydrogens is 649 g/mol. The minimum absolute atomic E-state index is 0.905. The van der Waals surface area contributed by atoms with Crippen LogP contribution in [0.1, 0.15) is 0 Å². The van der Waals surface area contributed by atoms with Gasteiger partial charge in [0.25, 0.3) is 0 Å². The van der Waals surface area contributed by atoms with Crippen LogP contribution in [0.4, 0.5) is 17.1 Å². The van der Waals surface area contributed by atoms with Gasteiger partial charge in [-0.1, -0.05) is 91.0 Å². The largest absolute Gasteiger partial charge is 0.455 e. The zero-order valence-corrected chi connectivity index (χ0v) is 28.5. The smallest absolute Gasteiger partial charge is 0.143 e. The van der Waals surface area contributed by atoms with Crippen LogP contribution in [0.25, 0.3) is 87.7 Å². The van der Waals surface area contributed by atoms with Gasteiger partial charge in [0.15, 0.2) is 0 Å². The van der Waals surface area contributed by atoms with Gasteiger partial charge in [0.2, 0.25) is 0 Å². The minimum Gasteiger partial charge on any atom is -0.455 e. The number of pyridine rings is 1. The standard InChI is InChI=1S/C49H30N2O2/c1-3-9-46-42(7-1)44-23-17-34-28-38(21-25-40(34)48(44)52-46)51(37-19-15-32(16-20-37)31-11-13-33(14-12-31)36-6-5-27-50-30-36)39-22-26-41-35(29-39)18-24-45-43-8-2-4-10-47(43)53-49(41)45/h1-30H. The fourth-order valence-corrected chi connectivity index (χ4v) is 7.91. The molecular formula is C49H30N2O2. The van der Waals surface area contributed by atoms with Crippen LogP contribution >= 0.6 is 0 Å². The molecule has 0 aliphatic rings. The van der Waals surface area contributed by atoms with E-state index < -0.39 is 0 Å². The fourth-order valence-electron chi connectivity index (χ4n) is 7.91.